The van der Waals surface area contributed by atoms with Crippen LogP contribution in [0.5, 0.6) is 17.2 Å². The zero-order chi connectivity index (χ0) is 20.4. The SMILES string of the molecule is COc1c(C(=O)NC(=S)Nc2ccc3c(c2)OCCO3)cc2ccccc2c1Br. The number of hydrogen-bond donors (Lipinski definition) is 2. The van der Waals surface area contributed by atoms with Crippen LogP contribution in [0.3, 0.4) is 0 Å². The summed E-state index contributed by atoms with van der Waals surface area (Å²) in [6.45, 7) is 1.02. The Bertz CT molecular complexity index is 1120. The lowest BCUT2D eigenvalue weighted by Gasteiger charge is -2.19. The fourth-order valence-corrected chi connectivity index (χ4v) is 4.05. The number of fused-ring (bicyclic) bond motifs is 2. The van der Waals surface area contributed by atoms with Gasteiger partial charge in [0, 0.05) is 11.8 Å². The molecule has 29 heavy (non-hydrogen) atoms. The smallest absolute Gasteiger partial charge is 0.261 e. The first-order chi connectivity index (χ1) is 14.1. The van der Waals surface area contributed by atoms with Crippen LogP contribution in [0.1, 0.15) is 10.4 Å². The molecule has 0 aromatic heterocycles. The van der Waals surface area contributed by atoms with Gasteiger partial charge in [-0.15, -0.1) is 0 Å². The van der Waals surface area contributed by atoms with E-state index in [2.05, 4.69) is 26.6 Å². The summed E-state index contributed by atoms with van der Waals surface area (Å²) in [5.41, 5.74) is 1.07. The van der Waals surface area contributed by atoms with E-state index < -0.39 is 0 Å². The number of amides is 1. The second kappa shape index (κ2) is 8.26. The van der Waals surface area contributed by atoms with E-state index >= 15 is 0 Å². The number of thiocarbonyl (C=S) groups is 1. The first kappa shape index (κ1) is 19.5. The predicted molar refractivity (Wildman–Crippen MR) is 119 cm³/mol. The predicted octanol–water partition coefficient (Wildman–Crippen LogP) is 4.51. The number of nitrogens with one attached hydrogen (secondary N) is 2. The number of ether oxygens (including phenoxy) is 3. The number of methoxy groups -OCH3 is 1. The first-order valence-corrected chi connectivity index (χ1v) is 10.0. The fraction of sp³-hybridized carbons (Fsp3) is 0.143. The number of halogens is 1. The highest BCUT2D eigenvalue weighted by Crippen LogP contribution is 2.36. The van der Waals surface area contributed by atoms with Gasteiger partial charge in [0.15, 0.2) is 16.6 Å². The molecule has 0 aliphatic carbocycles. The fourth-order valence-electron chi connectivity index (χ4n) is 3.11. The summed E-state index contributed by atoms with van der Waals surface area (Å²) in [6, 6.07) is 14.9. The number of carbonyl (C=O) groups is 1. The highest BCUT2D eigenvalue weighted by Gasteiger charge is 2.19. The van der Waals surface area contributed by atoms with E-state index in [4.69, 9.17) is 26.4 Å². The van der Waals surface area contributed by atoms with Crippen LogP contribution in [-0.2, 0) is 0 Å². The van der Waals surface area contributed by atoms with E-state index in [9.17, 15) is 4.79 Å². The van der Waals surface area contributed by atoms with Crippen LogP contribution in [-0.4, -0.2) is 31.3 Å². The van der Waals surface area contributed by atoms with Gasteiger partial charge in [0.1, 0.15) is 19.0 Å². The summed E-state index contributed by atoms with van der Waals surface area (Å²) in [7, 11) is 1.53. The molecular formula is C21H17BrN2O4S. The van der Waals surface area contributed by atoms with Crippen molar-refractivity contribution in [3.05, 3.63) is 58.6 Å². The number of anilines is 1. The Morgan fingerprint density at radius 3 is 2.66 bits per heavy atom. The van der Waals surface area contributed by atoms with Gasteiger partial charge in [0.05, 0.1) is 17.1 Å². The van der Waals surface area contributed by atoms with E-state index in [0.717, 1.165) is 10.8 Å². The molecule has 0 radical (unpaired) electrons. The summed E-state index contributed by atoms with van der Waals surface area (Å²) in [5.74, 6) is 1.39. The topological polar surface area (TPSA) is 68.8 Å². The normalized spacial score (nSPS) is 12.3. The summed E-state index contributed by atoms with van der Waals surface area (Å²) >= 11 is 8.84. The molecule has 0 atom stereocenters. The summed E-state index contributed by atoms with van der Waals surface area (Å²) in [4.78, 5) is 12.9. The molecule has 3 aromatic carbocycles. The Morgan fingerprint density at radius 2 is 1.86 bits per heavy atom. The molecule has 1 amide bonds. The van der Waals surface area contributed by atoms with Gasteiger partial charge in [-0.2, -0.15) is 0 Å². The molecule has 0 bridgehead atoms. The molecule has 8 heteroatoms. The summed E-state index contributed by atoms with van der Waals surface area (Å²) in [6.07, 6.45) is 0. The van der Waals surface area contributed by atoms with Crippen LogP contribution in [0.15, 0.2) is 53.0 Å². The van der Waals surface area contributed by atoms with Crippen LogP contribution in [0.2, 0.25) is 0 Å². The minimum atomic E-state index is -0.372. The van der Waals surface area contributed by atoms with Crippen LogP contribution in [0.4, 0.5) is 5.69 Å². The molecule has 148 valence electrons. The van der Waals surface area contributed by atoms with E-state index in [-0.39, 0.29) is 11.0 Å². The van der Waals surface area contributed by atoms with E-state index in [1.54, 1.807) is 24.3 Å². The Hall–Kier alpha value is -2.84. The Morgan fingerprint density at radius 1 is 1.10 bits per heavy atom. The van der Waals surface area contributed by atoms with Crippen molar-refractivity contribution in [2.75, 3.05) is 25.6 Å². The Labute approximate surface area is 181 Å². The van der Waals surface area contributed by atoms with Crippen LogP contribution in [0.25, 0.3) is 10.8 Å². The van der Waals surface area contributed by atoms with Gasteiger partial charge in [-0.25, -0.2) is 0 Å². The molecule has 3 aromatic rings. The van der Waals surface area contributed by atoms with Crippen molar-refractivity contribution < 1.29 is 19.0 Å². The lowest BCUT2D eigenvalue weighted by Crippen LogP contribution is -2.34. The third kappa shape index (κ3) is 3.99. The van der Waals surface area contributed by atoms with Crippen molar-refractivity contribution in [2.24, 2.45) is 0 Å². The number of hydrogen-bond acceptors (Lipinski definition) is 5. The first-order valence-electron chi connectivity index (χ1n) is 8.84. The standard InChI is InChI=1S/C21H17BrN2O4S/c1-26-19-15(10-12-4-2-3-5-14(12)18(19)22)20(25)24-21(29)23-13-6-7-16-17(11-13)28-9-8-27-16/h2-7,10-11H,8-9H2,1H3,(H2,23,24,25,29). The largest absolute Gasteiger partial charge is 0.495 e. The average Bonchev–Trinajstić information content (AvgIpc) is 2.73. The molecular weight excluding hydrogens is 456 g/mol. The van der Waals surface area contributed by atoms with E-state index in [1.807, 2.05) is 24.3 Å². The van der Waals surface area contributed by atoms with Crippen molar-refractivity contribution in [3.63, 3.8) is 0 Å². The van der Waals surface area contributed by atoms with Gasteiger partial charge in [-0.3, -0.25) is 10.1 Å². The molecule has 1 heterocycles. The Balaban J connectivity index is 1.54. The third-order valence-electron chi connectivity index (χ3n) is 4.42. The molecule has 0 saturated heterocycles. The van der Waals surface area contributed by atoms with Crippen LogP contribution < -0.4 is 24.8 Å². The van der Waals surface area contributed by atoms with Crippen molar-refractivity contribution in [3.8, 4) is 17.2 Å². The van der Waals surface area contributed by atoms with Gasteiger partial charge in [-0.1, -0.05) is 24.3 Å². The van der Waals surface area contributed by atoms with Crippen molar-refractivity contribution in [1.82, 2.24) is 5.32 Å². The molecule has 0 fully saturated rings. The second-order valence-corrected chi connectivity index (χ2v) is 7.46. The van der Waals surface area contributed by atoms with Crippen LogP contribution >= 0.6 is 28.1 Å². The maximum atomic E-state index is 12.9. The van der Waals surface area contributed by atoms with Crippen molar-refractivity contribution >= 4 is 55.6 Å². The second-order valence-electron chi connectivity index (χ2n) is 6.26. The number of rotatable bonds is 3. The van der Waals surface area contributed by atoms with E-state index in [0.29, 0.717) is 46.2 Å². The highest BCUT2D eigenvalue weighted by atomic mass is 79.9. The summed E-state index contributed by atoms with van der Waals surface area (Å²) in [5, 5.41) is 7.73. The average molecular weight is 473 g/mol. The van der Waals surface area contributed by atoms with E-state index in [1.165, 1.54) is 7.11 Å². The zero-order valence-corrected chi connectivity index (χ0v) is 17.9. The maximum Gasteiger partial charge on any atom is 0.261 e. The van der Waals surface area contributed by atoms with Crippen LogP contribution in [0, 0.1) is 0 Å². The maximum absolute atomic E-state index is 12.9. The number of benzene rings is 3. The monoisotopic (exact) mass is 472 g/mol. The lowest BCUT2D eigenvalue weighted by molar-refractivity contribution is 0.0975. The quantitative estimate of drug-likeness (QED) is 0.546. The van der Waals surface area contributed by atoms with Gasteiger partial charge in [0.2, 0.25) is 0 Å². The molecule has 0 spiro atoms. The van der Waals surface area contributed by atoms with Gasteiger partial charge in [-0.05, 0) is 57.1 Å². The molecule has 1 aliphatic heterocycles. The van der Waals surface area contributed by atoms with Gasteiger partial charge >= 0.3 is 0 Å². The highest BCUT2D eigenvalue weighted by molar-refractivity contribution is 9.10. The molecule has 4 rings (SSSR count). The molecule has 0 unspecified atom stereocenters. The Kier molecular flexibility index (Phi) is 5.55. The molecule has 1 aliphatic rings. The molecule has 6 nitrogen and oxygen atoms in total. The van der Waals surface area contributed by atoms with Crippen molar-refractivity contribution in [1.29, 1.82) is 0 Å². The summed E-state index contributed by atoms with van der Waals surface area (Å²) < 4.78 is 17.2. The van der Waals surface area contributed by atoms with Crippen molar-refractivity contribution in [2.45, 2.75) is 0 Å². The minimum absolute atomic E-state index is 0.165. The minimum Gasteiger partial charge on any atom is -0.495 e. The molecule has 0 saturated carbocycles. The number of carbonyl (C=O) groups excluding carboxylic acids is 1. The van der Waals surface area contributed by atoms with Gasteiger partial charge in [0.25, 0.3) is 5.91 Å². The van der Waals surface area contributed by atoms with Gasteiger partial charge < -0.3 is 19.5 Å². The zero-order valence-electron chi connectivity index (χ0n) is 15.5. The lowest BCUT2D eigenvalue weighted by atomic mass is 10.1. The molecule has 2 N–H and O–H groups in total. The third-order valence-corrected chi connectivity index (χ3v) is 5.41.